The van der Waals surface area contributed by atoms with E-state index in [0.717, 1.165) is 43.8 Å². The number of methoxy groups -OCH3 is 1. The number of hydrogen-bond acceptors (Lipinski definition) is 4. The molecule has 2 heterocycles. The Morgan fingerprint density at radius 1 is 1.40 bits per heavy atom. The molecular weight excluding hydrogens is 252 g/mol. The molecule has 1 aliphatic carbocycles. The van der Waals surface area contributed by atoms with Gasteiger partial charge in [-0.3, -0.25) is 4.98 Å². The Morgan fingerprint density at radius 3 is 2.95 bits per heavy atom. The second-order valence-corrected chi connectivity index (χ2v) is 6.03. The molecule has 1 saturated heterocycles. The van der Waals surface area contributed by atoms with E-state index >= 15 is 0 Å². The molecule has 2 aliphatic rings. The summed E-state index contributed by atoms with van der Waals surface area (Å²) < 4.78 is 11.0. The average molecular weight is 276 g/mol. The first-order valence-electron chi connectivity index (χ1n) is 7.59. The average Bonchev–Trinajstić information content (AvgIpc) is 3.05. The predicted molar refractivity (Wildman–Crippen MR) is 78.0 cm³/mol. The molecule has 1 saturated carbocycles. The minimum atomic E-state index is 0.521. The number of hydrogen-bond donors (Lipinski definition) is 1. The van der Waals surface area contributed by atoms with E-state index in [-0.39, 0.29) is 0 Å². The minimum Gasteiger partial charge on any atom is -0.490 e. The fraction of sp³-hybridized carbons (Fsp3) is 0.688. The van der Waals surface area contributed by atoms with E-state index in [1.165, 1.54) is 12.0 Å². The molecule has 1 aliphatic heterocycles. The molecule has 0 spiro atoms. The summed E-state index contributed by atoms with van der Waals surface area (Å²) in [5.41, 5.74) is 1.32. The summed E-state index contributed by atoms with van der Waals surface area (Å²) in [5, 5.41) is 3.34. The smallest absolute Gasteiger partial charge is 0.137 e. The molecule has 3 rings (SSSR count). The Labute approximate surface area is 120 Å². The molecule has 0 radical (unpaired) electrons. The first-order chi connectivity index (χ1) is 9.79. The second-order valence-electron chi connectivity index (χ2n) is 6.03. The fourth-order valence-corrected chi connectivity index (χ4v) is 3.18. The van der Waals surface area contributed by atoms with Crippen LogP contribution in [-0.4, -0.2) is 37.9 Å². The van der Waals surface area contributed by atoms with Crippen LogP contribution in [-0.2, 0) is 4.74 Å². The molecule has 2 fully saturated rings. The molecule has 1 N–H and O–H groups in total. The Hall–Kier alpha value is -1.13. The van der Waals surface area contributed by atoms with Crippen molar-refractivity contribution in [2.75, 3.05) is 26.9 Å². The lowest BCUT2D eigenvalue weighted by Gasteiger charge is -2.27. The van der Waals surface area contributed by atoms with Gasteiger partial charge in [0, 0.05) is 26.0 Å². The van der Waals surface area contributed by atoms with Gasteiger partial charge in [0.05, 0.1) is 6.20 Å². The lowest BCUT2D eigenvalue weighted by Crippen LogP contribution is -2.46. The Balaban J connectivity index is 1.56. The van der Waals surface area contributed by atoms with Crippen LogP contribution in [0.2, 0.25) is 0 Å². The maximum absolute atomic E-state index is 5.83. The fourth-order valence-electron chi connectivity index (χ4n) is 3.18. The molecule has 4 atom stereocenters. The minimum absolute atomic E-state index is 0.521. The zero-order valence-electron chi connectivity index (χ0n) is 12.3. The molecule has 1 aromatic rings. The number of ether oxygens (including phenoxy) is 2. The third kappa shape index (κ3) is 2.96. The first kappa shape index (κ1) is 13.8. The summed E-state index contributed by atoms with van der Waals surface area (Å²) in [6, 6.07) is 2.69. The highest BCUT2D eigenvalue weighted by Crippen LogP contribution is 2.55. The molecule has 0 aromatic carbocycles. The molecule has 20 heavy (non-hydrogen) atoms. The summed E-state index contributed by atoms with van der Waals surface area (Å²) in [4.78, 5) is 4.34. The quantitative estimate of drug-likeness (QED) is 0.829. The van der Waals surface area contributed by atoms with Crippen LogP contribution in [0.5, 0.6) is 5.75 Å². The van der Waals surface area contributed by atoms with Crippen molar-refractivity contribution in [3.05, 3.63) is 24.0 Å². The third-order valence-corrected chi connectivity index (χ3v) is 4.71. The number of aromatic nitrogens is 1. The monoisotopic (exact) mass is 276 g/mol. The zero-order chi connectivity index (χ0) is 13.9. The third-order valence-electron chi connectivity index (χ3n) is 4.71. The van der Waals surface area contributed by atoms with Gasteiger partial charge in [0.25, 0.3) is 0 Å². The maximum Gasteiger partial charge on any atom is 0.137 e. The highest BCUT2D eigenvalue weighted by Gasteiger charge is 2.47. The van der Waals surface area contributed by atoms with E-state index in [2.05, 4.69) is 23.3 Å². The van der Waals surface area contributed by atoms with Crippen LogP contribution >= 0.6 is 0 Å². The summed E-state index contributed by atoms with van der Waals surface area (Å²) >= 11 is 0. The van der Waals surface area contributed by atoms with Crippen molar-refractivity contribution in [2.45, 2.75) is 31.7 Å². The van der Waals surface area contributed by atoms with Gasteiger partial charge in [-0.2, -0.15) is 0 Å². The van der Waals surface area contributed by atoms with Crippen LogP contribution in [0.4, 0.5) is 0 Å². The van der Waals surface area contributed by atoms with E-state index in [9.17, 15) is 0 Å². The van der Waals surface area contributed by atoms with E-state index in [0.29, 0.717) is 12.0 Å². The molecular formula is C16H24N2O2. The lowest BCUT2D eigenvalue weighted by molar-refractivity contribution is 0.188. The second kappa shape index (κ2) is 6.10. The van der Waals surface area contributed by atoms with Crippen molar-refractivity contribution in [1.82, 2.24) is 10.3 Å². The topological polar surface area (TPSA) is 43.4 Å². The van der Waals surface area contributed by atoms with Gasteiger partial charge >= 0.3 is 0 Å². The van der Waals surface area contributed by atoms with Crippen LogP contribution in [0, 0.1) is 11.8 Å². The van der Waals surface area contributed by atoms with Crippen molar-refractivity contribution in [2.24, 2.45) is 11.8 Å². The van der Waals surface area contributed by atoms with Crippen LogP contribution in [0.1, 0.15) is 31.2 Å². The van der Waals surface area contributed by atoms with Gasteiger partial charge < -0.3 is 14.8 Å². The molecule has 4 heteroatoms. The molecule has 4 nitrogen and oxygen atoms in total. The van der Waals surface area contributed by atoms with E-state index < -0.39 is 0 Å². The zero-order valence-corrected chi connectivity index (χ0v) is 12.3. The van der Waals surface area contributed by atoms with E-state index in [1.54, 1.807) is 7.11 Å². The molecule has 1 aromatic heterocycles. The van der Waals surface area contributed by atoms with Crippen LogP contribution in [0.25, 0.3) is 0 Å². The summed E-state index contributed by atoms with van der Waals surface area (Å²) in [7, 11) is 1.77. The van der Waals surface area contributed by atoms with Crippen LogP contribution in [0.3, 0.4) is 0 Å². The SMILES string of the molecule is COCCC1C(C)C1c1cncc(OCC2CCN2)c1. The van der Waals surface area contributed by atoms with Gasteiger partial charge in [-0.15, -0.1) is 0 Å². The maximum atomic E-state index is 5.83. The van der Waals surface area contributed by atoms with Gasteiger partial charge in [-0.25, -0.2) is 0 Å². The van der Waals surface area contributed by atoms with Crippen molar-refractivity contribution in [3.63, 3.8) is 0 Å². The number of pyridine rings is 1. The summed E-state index contributed by atoms with van der Waals surface area (Å²) in [6.07, 6.45) is 6.16. The standard InChI is InChI=1S/C16H24N2O2/c1-11-15(4-6-19-2)16(11)12-7-14(9-17-8-12)20-10-13-3-5-18-13/h7-9,11,13,15-16,18H,3-6,10H2,1-2H3. The Kier molecular flexibility index (Phi) is 4.22. The number of nitrogens with one attached hydrogen (secondary N) is 1. The molecule has 4 unspecified atom stereocenters. The van der Waals surface area contributed by atoms with Crippen LogP contribution in [0.15, 0.2) is 18.5 Å². The van der Waals surface area contributed by atoms with Crippen molar-refractivity contribution in [3.8, 4) is 5.75 Å². The Morgan fingerprint density at radius 2 is 2.25 bits per heavy atom. The summed E-state index contributed by atoms with van der Waals surface area (Å²) in [5.74, 6) is 3.00. The molecule has 0 bridgehead atoms. The van der Waals surface area contributed by atoms with Gasteiger partial charge in [-0.05, 0) is 48.8 Å². The van der Waals surface area contributed by atoms with Crippen molar-refractivity contribution >= 4 is 0 Å². The number of rotatable bonds is 7. The summed E-state index contributed by atoms with van der Waals surface area (Å²) in [6.45, 7) is 5.03. The number of nitrogens with zero attached hydrogens (tertiary/aromatic N) is 1. The van der Waals surface area contributed by atoms with Gasteiger partial charge in [0.15, 0.2) is 0 Å². The van der Waals surface area contributed by atoms with Gasteiger partial charge in [0.1, 0.15) is 12.4 Å². The van der Waals surface area contributed by atoms with Crippen molar-refractivity contribution in [1.29, 1.82) is 0 Å². The lowest BCUT2D eigenvalue weighted by atomic mass is 10.1. The van der Waals surface area contributed by atoms with Gasteiger partial charge in [0.2, 0.25) is 0 Å². The molecule has 110 valence electrons. The normalized spacial score (nSPS) is 31.7. The largest absolute Gasteiger partial charge is 0.490 e. The van der Waals surface area contributed by atoms with Crippen LogP contribution < -0.4 is 10.1 Å². The Bertz CT molecular complexity index is 448. The highest BCUT2D eigenvalue weighted by molar-refractivity contribution is 5.31. The first-order valence-corrected chi connectivity index (χ1v) is 7.59. The highest BCUT2D eigenvalue weighted by atomic mass is 16.5. The van der Waals surface area contributed by atoms with E-state index in [1.807, 2.05) is 12.4 Å². The predicted octanol–water partition coefficient (Wildman–Crippen LogP) is 2.21. The molecule has 0 amide bonds. The van der Waals surface area contributed by atoms with Gasteiger partial charge in [-0.1, -0.05) is 6.92 Å². The van der Waals surface area contributed by atoms with E-state index in [4.69, 9.17) is 9.47 Å². The van der Waals surface area contributed by atoms with Crippen molar-refractivity contribution < 1.29 is 9.47 Å².